The maximum absolute atomic E-state index is 12.1. The fourth-order valence-corrected chi connectivity index (χ4v) is 2.91. The van der Waals surface area contributed by atoms with Gasteiger partial charge in [-0.3, -0.25) is 10.1 Å². The van der Waals surface area contributed by atoms with Crippen molar-refractivity contribution in [2.45, 2.75) is 50.7 Å². The second-order valence-corrected chi connectivity index (χ2v) is 7.09. The summed E-state index contributed by atoms with van der Waals surface area (Å²) in [4.78, 5) is 23.9. The maximum atomic E-state index is 12.1. The molecule has 0 bridgehead atoms. The summed E-state index contributed by atoms with van der Waals surface area (Å²) in [6.45, 7) is 5.27. The van der Waals surface area contributed by atoms with Crippen LogP contribution >= 0.6 is 0 Å². The van der Waals surface area contributed by atoms with Crippen molar-refractivity contribution < 1.29 is 24.2 Å². The van der Waals surface area contributed by atoms with Crippen molar-refractivity contribution in [2.24, 2.45) is 5.73 Å². The molecule has 1 saturated carbocycles. The normalized spacial score (nSPS) is 23.1. The zero-order valence-electron chi connectivity index (χ0n) is 14.4. The van der Waals surface area contributed by atoms with E-state index in [2.05, 4.69) is 5.32 Å². The van der Waals surface area contributed by atoms with E-state index in [0.29, 0.717) is 29.8 Å². The zero-order chi connectivity index (χ0) is 18.1. The minimum atomic E-state index is -1.13. The van der Waals surface area contributed by atoms with Crippen LogP contribution in [0.4, 0.5) is 10.5 Å². The summed E-state index contributed by atoms with van der Waals surface area (Å²) in [5, 5.41) is 12.4. The van der Waals surface area contributed by atoms with Gasteiger partial charge in [-0.1, -0.05) is 0 Å². The average Bonchev–Trinajstić information content (AvgIpc) is 2.41. The monoisotopic (exact) mass is 336 g/mol. The number of carbonyl (C=O) groups is 2. The van der Waals surface area contributed by atoms with E-state index in [4.69, 9.17) is 15.2 Å². The van der Waals surface area contributed by atoms with Crippen LogP contribution in [-0.4, -0.2) is 35.9 Å². The molecule has 0 saturated heterocycles. The van der Waals surface area contributed by atoms with Crippen molar-refractivity contribution in [1.82, 2.24) is 0 Å². The standard InChI is InChI=1S/C17H24N2O5/c1-16(2,3)24-15(22)19-13-6-5-11(23-4)7-12(13)17(14(20)21)8-10(18)9-17/h5-7,10H,8-9,18H2,1-4H3,(H,19,22)(H,20,21). The summed E-state index contributed by atoms with van der Waals surface area (Å²) in [7, 11) is 1.50. The van der Waals surface area contributed by atoms with Gasteiger partial charge < -0.3 is 20.3 Å². The van der Waals surface area contributed by atoms with Crippen molar-refractivity contribution in [3.8, 4) is 5.75 Å². The number of hydrogen-bond donors (Lipinski definition) is 3. The predicted octanol–water partition coefficient (Wildman–Crippen LogP) is 2.49. The number of aliphatic carboxylic acids is 1. The molecule has 1 aliphatic carbocycles. The Morgan fingerprint density at radius 3 is 2.42 bits per heavy atom. The summed E-state index contributed by atoms with van der Waals surface area (Å²) >= 11 is 0. The fraction of sp³-hybridized carbons (Fsp3) is 0.529. The highest BCUT2D eigenvalue weighted by Gasteiger charge is 2.52. The first-order valence-electron chi connectivity index (χ1n) is 7.75. The number of hydrogen-bond acceptors (Lipinski definition) is 5. The van der Waals surface area contributed by atoms with Crippen molar-refractivity contribution in [3.05, 3.63) is 23.8 Å². The first kappa shape index (κ1) is 18.1. The van der Waals surface area contributed by atoms with Crippen LogP contribution < -0.4 is 15.8 Å². The van der Waals surface area contributed by atoms with Crippen molar-refractivity contribution in [2.75, 3.05) is 12.4 Å². The van der Waals surface area contributed by atoms with Crippen LogP contribution in [0, 0.1) is 0 Å². The molecule has 0 aromatic heterocycles. The third-order valence-corrected chi connectivity index (χ3v) is 4.01. The number of amides is 1. The third kappa shape index (κ3) is 3.62. The first-order valence-corrected chi connectivity index (χ1v) is 7.75. The Hall–Kier alpha value is -2.28. The zero-order valence-corrected chi connectivity index (χ0v) is 14.4. The Morgan fingerprint density at radius 2 is 1.96 bits per heavy atom. The second-order valence-electron chi connectivity index (χ2n) is 7.09. The van der Waals surface area contributed by atoms with Crippen LogP contribution in [0.15, 0.2) is 18.2 Å². The van der Waals surface area contributed by atoms with Gasteiger partial charge in [0, 0.05) is 11.7 Å². The molecule has 132 valence electrons. The van der Waals surface area contributed by atoms with E-state index in [9.17, 15) is 14.7 Å². The molecule has 1 aromatic carbocycles. The predicted molar refractivity (Wildman–Crippen MR) is 89.4 cm³/mol. The Balaban J connectivity index is 2.38. The molecule has 1 fully saturated rings. The Morgan fingerprint density at radius 1 is 1.33 bits per heavy atom. The van der Waals surface area contributed by atoms with E-state index in [1.807, 2.05) is 0 Å². The fourth-order valence-electron chi connectivity index (χ4n) is 2.91. The second kappa shape index (κ2) is 6.32. The molecule has 7 heteroatoms. The lowest BCUT2D eigenvalue weighted by atomic mass is 9.61. The van der Waals surface area contributed by atoms with Gasteiger partial charge in [0.1, 0.15) is 11.4 Å². The smallest absolute Gasteiger partial charge is 0.412 e. The van der Waals surface area contributed by atoms with Crippen molar-refractivity contribution >= 4 is 17.7 Å². The van der Waals surface area contributed by atoms with E-state index in [0.717, 1.165) is 0 Å². The maximum Gasteiger partial charge on any atom is 0.412 e. The number of rotatable bonds is 4. The number of nitrogens with one attached hydrogen (secondary N) is 1. The molecule has 0 radical (unpaired) electrons. The average molecular weight is 336 g/mol. The van der Waals surface area contributed by atoms with Gasteiger partial charge in [0.15, 0.2) is 0 Å². The minimum absolute atomic E-state index is 0.179. The minimum Gasteiger partial charge on any atom is -0.497 e. The summed E-state index contributed by atoms with van der Waals surface area (Å²) < 4.78 is 10.4. The number of carbonyl (C=O) groups excluding carboxylic acids is 1. The summed E-state index contributed by atoms with van der Waals surface area (Å²) in [5.41, 5.74) is 4.91. The summed E-state index contributed by atoms with van der Waals surface area (Å²) in [6.07, 6.45) is -0.0325. The number of methoxy groups -OCH3 is 1. The Kier molecular flexibility index (Phi) is 4.75. The lowest BCUT2D eigenvalue weighted by Gasteiger charge is -2.43. The number of ether oxygens (including phenoxy) is 2. The van der Waals surface area contributed by atoms with Crippen LogP contribution in [0.25, 0.3) is 0 Å². The van der Waals surface area contributed by atoms with Crippen LogP contribution in [0.5, 0.6) is 5.75 Å². The van der Waals surface area contributed by atoms with E-state index in [1.54, 1.807) is 39.0 Å². The molecular weight excluding hydrogens is 312 g/mol. The van der Waals surface area contributed by atoms with Crippen LogP contribution in [0.3, 0.4) is 0 Å². The molecule has 2 rings (SSSR count). The molecule has 0 heterocycles. The lowest BCUT2D eigenvalue weighted by Crippen LogP contribution is -2.54. The first-order chi connectivity index (χ1) is 11.1. The third-order valence-electron chi connectivity index (χ3n) is 4.01. The largest absolute Gasteiger partial charge is 0.497 e. The number of anilines is 1. The molecule has 0 atom stereocenters. The van der Waals surface area contributed by atoms with Gasteiger partial charge >= 0.3 is 12.1 Å². The molecule has 0 spiro atoms. The molecule has 4 N–H and O–H groups in total. The van der Waals surface area contributed by atoms with Gasteiger partial charge in [-0.2, -0.15) is 0 Å². The van der Waals surface area contributed by atoms with E-state index in [1.165, 1.54) is 7.11 Å². The number of nitrogens with two attached hydrogens (primary N) is 1. The van der Waals surface area contributed by atoms with Crippen LogP contribution in [0.1, 0.15) is 39.2 Å². The van der Waals surface area contributed by atoms with Crippen molar-refractivity contribution in [3.63, 3.8) is 0 Å². The van der Waals surface area contributed by atoms with E-state index >= 15 is 0 Å². The van der Waals surface area contributed by atoms with Gasteiger partial charge in [-0.15, -0.1) is 0 Å². The van der Waals surface area contributed by atoms with Gasteiger partial charge in [-0.25, -0.2) is 4.79 Å². The SMILES string of the molecule is COc1ccc(NC(=O)OC(C)(C)C)c(C2(C(=O)O)CC(N)C2)c1. The number of benzene rings is 1. The highest BCUT2D eigenvalue weighted by molar-refractivity contribution is 5.91. The molecule has 0 unspecified atom stereocenters. The highest BCUT2D eigenvalue weighted by Crippen LogP contribution is 2.47. The van der Waals surface area contributed by atoms with Crippen molar-refractivity contribution in [1.29, 1.82) is 0 Å². The lowest BCUT2D eigenvalue weighted by molar-refractivity contribution is -0.148. The molecule has 24 heavy (non-hydrogen) atoms. The molecule has 1 aliphatic rings. The topological polar surface area (TPSA) is 111 Å². The van der Waals surface area contributed by atoms with Gasteiger partial charge in [-0.05, 0) is 57.4 Å². The molecular formula is C17H24N2O5. The molecule has 0 aliphatic heterocycles. The molecule has 1 amide bonds. The summed E-state index contributed by atoms with van der Waals surface area (Å²) in [6, 6.07) is 4.73. The van der Waals surface area contributed by atoms with Crippen LogP contribution in [-0.2, 0) is 14.9 Å². The van der Waals surface area contributed by atoms with Gasteiger partial charge in [0.2, 0.25) is 0 Å². The van der Waals surface area contributed by atoms with E-state index in [-0.39, 0.29) is 6.04 Å². The Labute approximate surface area is 141 Å². The van der Waals surface area contributed by atoms with Gasteiger partial charge in [0.25, 0.3) is 0 Å². The van der Waals surface area contributed by atoms with Crippen LogP contribution in [0.2, 0.25) is 0 Å². The van der Waals surface area contributed by atoms with E-state index < -0.39 is 23.1 Å². The number of carboxylic acid groups (broad SMARTS) is 1. The quantitative estimate of drug-likeness (QED) is 0.779. The highest BCUT2D eigenvalue weighted by atomic mass is 16.6. The molecule has 1 aromatic rings. The molecule has 7 nitrogen and oxygen atoms in total. The number of carboxylic acids is 1. The van der Waals surface area contributed by atoms with Gasteiger partial charge in [0.05, 0.1) is 12.5 Å². The summed E-state index contributed by atoms with van der Waals surface area (Å²) in [5.74, 6) is -0.453. The Bertz CT molecular complexity index is 645.